The van der Waals surface area contributed by atoms with Crippen LogP contribution in [-0.4, -0.2) is 15.6 Å². The Hall–Kier alpha value is -0.830. The highest BCUT2D eigenvalue weighted by Crippen LogP contribution is 2.09. The summed E-state index contributed by atoms with van der Waals surface area (Å²) in [7, 11) is 0. The molecule has 1 rings (SSSR count). The monoisotopic (exact) mass is 209 g/mol. The van der Waals surface area contributed by atoms with Gasteiger partial charge in [-0.1, -0.05) is 27.2 Å². The van der Waals surface area contributed by atoms with Crippen molar-refractivity contribution in [3.05, 3.63) is 18.2 Å². The molecule has 0 amide bonds. The van der Waals surface area contributed by atoms with Crippen molar-refractivity contribution < 1.29 is 0 Å². The van der Waals surface area contributed by atoms with Crippen LogP contribution in [0.25, 0.3) is 0 Å². The van der Waals surface area contributed by atoms with Gasteiger partial charge in [0.05, 0.1) is 0 Å². The zero-order valence-electron chi connectivity index (χ0n) is 10.1. The van der Waals surface area contributed by atoms with E-state index in [4.69, 9.17) is 5.73 Å². The second-order valence-corrected chi connectivity index (χ2v) is 4.30. The Morgan fingerprint density at radius 3 is 2.80 bits per heavy atom. The number of aromatic nitrogens is 2. The molecule has 0 radical (unpaired) electrons. The van der Waals surface area contributed by atoms with Crippen LogP contribution in [0.2, 0.25) is 0 Å². The van der Waals surface area contributed by atoms with E-state index in [0.29, 0.717) is 5.92 Å². The molecule has 1 heterocycles. The first-order valence-corrected chi connectivity index (χ1v) is 5.94. The van der Waals surface area contributed by atoms with Crippen molar-refractivity contribution >= 4 is 0 Å². The van der Waals surface area contributed by atoms with Gasteiger partial charge in [0.1, 0.15) is 5.82 Å². The molecule has 0 bridgehead atoms. The van der Waals surface area contributed by atoms with Crippen LogP contribution in [0.1, 0.15) is 39.4 Å². The lowest BCUT2D eigenvalue weighted by atomic mass is 10.00. The molecule has 0 spiro atoms. The molecular weight excluding hydrogens is 186 g/mol. The third-order valence-electron chi connectivity index (χ3n) is 3.06. The summed E-state index contributed by atoms with van der Waals surface area (Å²) < 4.78 is 2.19. The summed E-state index contributed by atoms with van der Waals surface area (Å²) in [6.07, 6.45) is 7.22. The molecule has 1 aromatic heterocycles. The highest BCUT2D eigenvalue weighted by molar-refractivity contribution is 4.93. The second-order valence-electron chi connectivity index (χ2n) is 4.30. The number of hydrogen-bond acceptors (Lipinski definition) is 2. The molecule has 0 aliphatic rings. The third kappa shape index (κ3) is 3.34. The maximum Gasteiger partial charge on any atom is 0.108 e. The smallest absolute Gasteiger partial charge is 0.108 e. The molecule has 86 valence electrons. The third-order valence-corrected chi connectivity index (χ3v) is 3.06. The quantitative estimate of drug-likeness (QED) is 0.780. The van der Waals surface area contributed by atoms with Gasteiger partial charge in [0, 0.05) is 31.4 Å². The molecule has 0 saturated carbocycles. The largest absolute Gasteiger partial charge is 0.333 e. The topological polar surface area (TPSA) is 43.8 Å². The standard InChI is InChI=1S/C12H23N3/c1-4-6-12-14-7-8-15(12)9-11(13)10(3)5-2/h7-8,10-11H,4-6,9,13H2,1-3H3. The Bertz CT molecular complexity index is 280. The summed E-state index contributed by atoms with van der Waals surface area (Å²) in [6.45, 7) is 7.46. The van der Waals surface area contributed by atoms with E-state index in [1.54, 1.807) is 0 Å². The summed E-state index contributed by atoms with van der Waals surface area (Å²) in [4.78, 5) is 4.35. The van der Waals surface area contributed by atoms with Crippen molar-refractivity contribution in [3.63, 3.8) is 0 Å². The normalized spacial score (nSPS) is 15.2. The van der Waals surface area contributed by atoms with Crippen LogP contribution in [0.15, 0.2) is 12.4 Å². The molecule has 2 atom stereocenters. The maximum atomic E-state index is 6.14. The van der Waals surface area contributed by atoms with Gasteiger partial charge in [-0.3, -0.25) is 0 Å². The number of imidazole rings is 1. The molecule has 0 aliphatic carbocycles. The lowest BCUT2D eigenvalue weighted by molar-refractivity contribution is 0.391. The average Bonchev–Trinajstić information content (AvgIpc) is 2.65. The minimum atomic E-state index is 0.236. The number of nitrogens with zero attached hydrogens (tertiary/aromatic N) is 2. The highest BCUT2D eigenvalue weighted by atomic mass is 15.1. The SMILES string of the molecule is CCCc1nccn1CC(N)C(C)CC. The van der Waals surface area contributed by atoms with Crippen LogP contribution in [0.3, 0.4) is 0 Å². The number of aryl methyl sites for hydroxylation is 1. The van der Waals surface area contributed by atoms with Gasteiger partial charge >= 0.3 is 0 Å². The Morgan fingerprint density at radius 2 is 2.20 bits per heavy atom. The number of nitrogens with two attached hydrogens (primary N) is 1. The van der Waals surface area contributed by atoms with Gasteiger partial charge < -0.3 is 10.3 Å². The molecular formula is C12H23N3. The summed E-state index contributed by atoms with van der Waals surface area (Å²) in [6, 6.07) is 0.236. The molecule has 3 nitrogen and oxygen atoms in total. The first-order valence-electron chi connectivity index (χ1n) is 5.94. The molecule has 0 fully saturated rings. The molecule has 1 aromatic rings. The number of hydrogen-bond donors (Lipinski definition) is 1. The van der Waals surface area contributed by atoms with Gasteiger partial charge in [-0.15, -0.1) is 0 Å². The van der Waals surface area contributed by atoms with Crippen molar-refractivity contribution in [2.45, 2.75) is 52.6 Å². The Balaban J connectivity index is 2.59. The van der Waals surface area contributed by atoms with Crippen LogP contribution < -0.4 is 5.73 Å². The van der Waals surface area contributed by atoms with Gasteiger partial charge in [-0.2, -0.15) is 0 Å². The van der Waals surface area contributed by atoms with Crippen molar-refractivity contribution in [2.24, 2.45) is 11.7 Å². The van der Waals surface area contributed by atoms with Crippen molar-refractivity contribution in [1.82, 2.24) is 9.55 Å². The van der Waals surface area contributed by atoms with Gasteiger partial charge in [-0.05, 0) is 12.3 Å². The van der Waals surface area contributed by atoms with Crippen LogP contribution in [0, 0.1) is 5.92 Å². The molecule has 15 heavy (non-hydrogen) atoms. The molecule has 2 unspecified atom stereocenters. The average molecular weight is 209 g/mol. The molecule has 3 heteroatoms. The summed E-state index contributed by atoms with van der Waals surface area (Å²) >= 11 is 0. The van der Waals surface area contributed by atoms with E-state index < -0.39 is 0 Å². The van der Waals surface area contributed by atoms with E-state index >= 15 is 0 Å². The van der Waals surface area contributed by atoms with Crippen LogP contribution >= 0.6 is 0 Å². The van der Waals surface area contributed by atoms with E-state index in [1.807, 2.05) is 12.4 Å². The zero-order chi connectivity index (χ0) is 11.3. The second kappa shape index (κ2) is 5.91. The predicted molar refractivity (Wildman–Crippen MR) is 63.7 cm³/mol. The fourth-order valence-corrected chi connectivity index (χ4v) is 1.67. The molecule has 0 saturated heterocycles. The van der Waals surface area contributed by atoms with E-state index in [1.165, 1.54) is 0 Å². The molecule has 2 N–H and O–H groups in total. The predicted octanol–water partition coefficient (Wildman–Crippen LogP) is 2.21. The van der Waals surface area contributed by atoms with Gasteiger partial charge in [0.2, 0.25) is 0 Å². The van der Waals surface area contributed by atoms with E-state index in [2.05, 4.69) is 30.3 Å². The van der Waals surface area contributed by atoms with Crippen molar-refractivity contribution in [2.75, 3.05) is 0 Å². The highest BCUT2D eigenvalue weighted by Gasteiger charge is 2.12. The lowest BCUT2D eigenvalue weighted by Gasteiger charge is -2.19. The summed E-state index contributed by atoms with van der Waals surface area (Å²) in [5.41, 5.74) is 6.14. The first kappa shape index (κ1) is 12.2. The molecule has 0 aliphatic heterocycles. The van der Waals surface area contributed by atoms with Crippen LogP contribution in [0.5, 0.6) is 0 Å². The maximum absolute atomic E-state index is 6.14. The van der Waals surface area contributed by atoms with E-state index in [-0.39, 0.29) is 6.04 Å². The fourth-order valence-electron chi connectivity index (χ4n) is 1.67. The lowest BCUT2D eigenvalue weighted by Crippen LogP contribution is -2.33. The van der Waals surface area contributed by atoms with Gasteiger partial charge in [0.25, 0.3) is 0 Å². The van der Waals surface area contributed by atoms with Crippen molar-refractivity contribution in [1.29, 1.82) is 0 Å². The molecule has 0 aromatic carbocycles. The Kier molecular flexibility index (Phi) is 4.82. The number of rotatable bonds is 6. The minimum Gasteiger partial charge on any atom is -0.333 e. The van der Waals surface area contributed by atoms with E-state index in [9.17, 15) is 0 Å². The van der Waals surface area contributed by atoms with Crippen LogP contribution in [-0.2, 0) is 13.0 Å². The zero-order valence-corrected chi connectivity index (χ0v) is 10.1. The van der Waals surface area contributed by atoms with Crippen molar-refractivity contribution in [3.8, 4) is 0 Å². The fraction of sp³-hybridized carbons (Fsp3) is 0.750. The summed E-state index contributed by atoms with van der Waals surface area (Å²) in [5.74, 6) is 1.73. The Morgan fingerprint density at radius 1 is 1.47 bits per heavy atom. The van der Waals surface area contributed by atoms with E-state index in [0.717, 1.165) is 31.6 Å². The Labute approximate surface area is 92.7 Å². The summed E-state index contributed by atoms with van der Waals surface area (Å²) in [5, 5.41) is 0. The van der Waals surface area contributed by atoms with Gasteiger partial charge in [0.15, 0.2) is 0 Å². The minimum absolute atomic E-state index is 0.236. The van der Waals surface area contributed by atoms with Crippen LogP contribution in [0.4, 0.5) is 0 Å². The van der Waals surface area contributed by atoms with Gasteiger partial charge in [-0.25, -0.2) is 4.98 Å². The first-order chi connectivity index (χ1) is 7.19.